The molecule has 0 saturated heterocycles. The highest BCUT2D eigenvalue weighted by molar-refractivity contribution is 7.99. The number of anilines is 2. The van der Waals surface area contributed by atoms with Gasteiger partial charge in [0.2, 0.25) is 11.9 Å². The largest absolute Gasteiger partial charge is 0.368 e. The lowest BCUT2D eigenvalue weighted by Gasteiger charge is -2.15. The number of rotatable bonds is 4. The molecule has 0 radical (unpaired) electrons. The molecule has 0 aliphatic carbocycles. The zero-order valence-electron chi connectivity index (χ0n) is 13.7. The van der Waals surface area contributed by atoms with Crippen molar-refractivity contribution < 1.29 is 0 Å². The van der Waals surface area contributed by atoms with Crippen LogP contribution in [0.15, 0.2) is 21.4 Å². The molecule has 3 rings (SSSR count). The van der Waals surface area contributed by atoms with Gasteiger partial charge in [0, 0.05) is 21.1 Å². The molecule has 0 saturated carbocycles. The lowest BCUT2D eigenvalue weighted by Crippen LogP contribution is -2.19. The van der Waals surface area contributed by atoms with Crippen molar-refractivity contribution in [3.63, 3.8) is 0 Å². The van der Waals surface area contributed by atoms with Gasteiger partial charge in [-0.3, -0.25) is 9.36 Å². The molecule has 0 aliphatic heterocycles. The highest BCUT2D eigenvalue weighted by Crippen LogP contribution is 2.32. The van der Waals surface area contributed by atoms with Gasteiger partial charge in [-0.2, -0.15) is 15.0 Å². The molecule has 3 aromatic heterocycles. The van der Waals surface area contributed by atoms with Crippen LogP contribution in [0, 0.1) is 0 Å². The molecule has 0 bridgehead atoms. The zero-order chi connectivity index (χ0) is 17.4. The van der Waals surface area contributed by atoms with Gasteiger partial charge in [0.05, 0.1) is 10.8 Å². The van der Waals surface area contributed by atoms with Gasteiger partial charge in [0.25, 0.3) is 5.56 Å². The molecular weight excluding hydrogens is 346 g/mol. The second kappa shape index (κ2) is 6.36. The molecule has 24 heavy (non-hydrogen) atoms. The van der Waals surface area contributed by atoms with E-state index in [2.05, 4.69) is 19.9 Å². The second-order valence-corrected chi connectivity index (χ2v) is 7.62. The summed E-state index contributed by atoms with van der Waals surface area (Å²) >= 11 is 2.81. The predicted octanol–water partition coefficient (Wildman–Crippen LogP) is 1.68. The fourth-order valence-corrected chi connectivity index (χ4v) is 3.79. The Labute approximate surface area is 146 Å². The highest BCUT2D eigenvalue weighted by atomic mass is 32.2. The number of nitrogens with two attached hydrogens (primary N) is 1. The molecular formula is C14H17N7OS2. The number of hydrogen-bond donors (Lipinski definition) is 1. The Kier molecular flexibility index (Phi) is 4.41. The van der Waals surface area contributed by atoms with Gasteiger partial charge < -0.3 is 10.6 Å². The van der Waals surface area contributed by atoms with Crippen molar-refractivity contribution in [2.24, 2.45) is 7.05 Å². The van der Waals surface area contributed by atoms with Crippen LogP contribution in [-0.4, -0.2) is 38.6 Å². The SMILES string of the molecule is C[C@H](Sc1nc2ccsc2c(=O)n1C)c1nc(N)nc(N(C)C)n1. The summed E-state index contributed by atoms with van der Waals surface area (Å²) < 4.78 is 2.21. The molecule has 10 heteroatoms. The summed E-state index contributed by atoms with van der Waals surface area (Å²) in [5, 5.41) is 2.35. The molecule has 126 valence electrons. The maximum Gasteiger partial charge on any atom is 0.271 e. The average molecular weight is 363 g/mol. The summed E-state index contributed by atoms with van der Waals surface area (Å²) in [5.41, 5.74) is 6.44. The quantitative estimate of drug-likeness (QED) is 0.552. The van der Waals surface area contributed by atoms with Crippen LogP contribution in [0.2, 0.25) is 0 Å². The number of nitrogen functional groups attached to an aromatic ring is 1. The lowest BCUT2D eigenvalue weighted by atomic mass is 10.4. The molecule has 8 nitrogen and oxygen atoms in total. The maximum absolute atomic E-state index is 12.4. The number of hydrogen-bond acceptors (Lipinski definition) is 9. The molecule has 0 aliphatic rings. The van der Waals surface area contributed by atoms with Crippen LogP contribution >= 0.6 is 23.1 Å². The Hall–Kier alpha value is -2.20. The summed E-state index contributed by atoms with van der Waals surface area (Å²) in [6.45, 7) is 1.95. The van der Waals surface area contributed by atoms with Gasteiger partial charge in [-0.25, -0.2) is 4.98 Å². The van der Waals surface area contributed by atoms with Crippen molar-refractivity contribution in [1.82, 2.24) is 24.5 Å². The van der Waals surface area contributed by atoms with E-state index >= 15 is 0 Å². The summed E-state index contributed by atoms with van der Waals surface area (Å²) in [4.78, 5) is 31.4. The van der Waals surface area contributed by atoms with E-state index in [1.807, 2.05) is 32.5 Å². The molecule has 3 heterocycles. The third kappa shape index (κ3) is 3.06. The van der Waals surface area contributed by atoms with Crippen molar-refractivity contribution in [1.29, 1.82) is 0 Å². The van der Waals surface area contributed by atoms with Crippen LogP contribution < -0.4 is 16.2 Å². The lowest BCUT2D eigenvalue weighted by molar-refractivity contribution is 0.723. The van der Waals surface area contributed by atoms with Crippen molar-refractivity contribution in [2.75, 3.05) is 24.7 Å². The fraction of sp³-hybridized carbons (Fsp3) is 0.357. The smallest absolute Gasteiger partial charge is 0.271 e. The zero-order valence-corrected chi connectivity index (χ0v) is 15.4. The minimum atomic E-state index is -0.136. The number of nitrogens with zero attached hydrogens (tertiary/aromatic N) is 6. The monoisotopic (exact) mass is 363 g/mol. The number of thioether (sulfide) groups is 1. The van der Waals surface area contributed by atoms with Gasteiger partial charge in [0.1, 0.15) is 10.5 Å². The minimum absolute atomic E-state index is 0.0474. The first-order valence-electron chi connectivity index (χ1n) is 7.16. The van der Waals surface area contributed by atoms with E-state index in [9.17, 15) is 4.79 Å². The standard InChI is InChI=1S/C14H17N7OS2/c1-7(10-17-12(15)19-13(18-10)20(2)3)24-14-16-8-5-6-23-9(8)11(22)21(14)4/h5-7H,1-4H3,(H2,15,17,18,19)/t7-/m0/s1. The number of thiophene rings is 1. The molecule has 0 spiro atoms. The van der Waals surface area contributed by atoms with Crippen LogP contribution in [0.1, 0.15) is 18.0 Å². The average Bonchev–Trinajstić information content (AvgIpc) is 3.00. The van der Waals surface area contributed by atoms with E-state index in [0.717, 1.165) is 0 Å². The molecule has 0 amide bonds. The summed E-state index contributed by atoms with van der Waals surface area (Å²) in [6, 6.07) is 1.85. The summed E-state index contributed by atoms with van der Waals surface area (Å²) in [6.07, 6.45) is 0. The predicted molar refractivity (Wildman–Crippen MR) is 97.7 cm³/mol. The van der Waals surface area contributed by atoms with E-state index in [0.29, 0.717) is 27.1 Å². The normalized spacial score (nSPS) is 12.5. The molecule has 0 aromatic carbocycles. The maximum atomic E-state index is 12.4. The van der Waals surface area contributed by atoms with E-state index in [4.69, 9.17) is 5.73 Å². The van der Waals surface area contributed by atoms with Crippen molar-refractivity contribution in [3.8, 4) is 0 Å². The minimum Gasteiger partial charge on any atom is -0.368 e. The second-order valence-electron chi connectivity index (χ2n) is 5.40. The van der Waals surface area contributed by atoms with Crippen molar-refractivity contribution >= 4 is 45.2 Å². The van der Waals surface area contributed by atoms with Crippen LogP contribution in [0.25, 0.3) is 10.2 Å². The molecule has 2 N–H and O–H groups in total. The van der Waals surface area contributed by atoms with Gasteiger partial charge in [-0.05, 0) is 18.4 Å². The summed E-state index contributed by atoms with van der Waals surface area (Å²) in [7, 11) is 5.40. The van der Waals surface area contributed by atoms with Gasteiger partial charge >= 0.3 is 0 Å². The number of fused-ring (bicyclic) bond motifs is 1. The Morgan fingerprint density at radius 1 is 1.29 bits per heavy atom. The fourth-order valence-electron chi connectivity index (χ4n) is 2.06. The first-order valence-corrected chi connectivity index (χ1v) is 8.92. The van der Waals surface area contributed by atoms with Gasteiger partial charge in [-0.15, -0.1) is 11.3 Å². The van der Waals surface area contributed by atoms with Gasteiger partial charge in [-0.1, -0.05) is 11.8 Å². The summed E-state index contributed by atoms with van der Waals surface area (Å²) in [5.74, 6) is 1.22. The molecule has 3 aromatic rings. The van der Waals surface area contributed by atoms with E-state index < -0.39 is 0 Å². The Balaban J connectivity index is 1.97. The number of aromatic nitrogens is 5. The highest BCUT2D eigenvalue weighted by Gasteiger charge is 2.18. The van der Waals surface area contributed by atoms with Crippen LogP contribution in [-0.2, 0) is 7.05 Å². The third-order valence-electron chi connectivity index (χ3n) is 3.35. The Bertz CT molecular complexity index is 950. The topological polar surface area (TPSA) is 103 Å². The first-order chi connectivity index (χ1) is 11.4. The molecule has 0 fully saturated rings. The van der Waals surface area contributed by atoms with Crippen LogP contribution in [0.3, 0.4) is 0 Å². The van der Waals surface area contributed by atoms with Crippen molar-refractivity contribution in [3.05, 3.63) is 27.6 Å². The molecule has 1 atom stereocenters. The first kappa shape index (κ1) is 16.7. The Morgan fingerprint density at radius 3 is 2.75 bits per heavy atom. The van der Waals surface area contributed by atoms with E-state index in [1.165, 1.54) is 23.1 Å². The van der Waals surface area contributed by atoms with Crippen LogP contribution in [0.4, 0.5) is 11.9 Å². The van der Waals surface area contributed by atoms with Gasteiger partial charge in [0.15, 0.2) is 5.16 Å². The third-order valence-corrected chi connectivity index (χ3v) is 5.38. The Morgan fingerprint density at radius 2 is 2.04 bits per heavy atom. The van der Waals surface area contributed by atoms with Crippen LogP contribution in [0.5, 0.6) is 0 Å². The van der Waals surface area contributed by atoms with Crippen molar-refractivity contribution in [2.45, 2.75) is 17.3 Å². The van der Waals surface area contributed by atoms with E-state index in [-0.39, 0.29) is 16.8 Å². The van der Waals surface area contributed by atoms with E-state index in [1.54, 1.807) is 16.5 Å². The molecule has 0 unspecified atom stereocenters.